The molecule has 1 aromatic carbocycles. The van der Waals surface area contributed by atoms with E-state index in [0.29, 0.717) is 12.1 Å². The van der Waals surface area contributed by atoms with E-state index in [4.69, 9.17) is 5.11 Å². The van der Waals surface area contributed by atoms with Gasteiger partial charge in [0.2, 0.25) is 0 Å². The standard InChI is InChI=1S/C10H10F2N2O4/c1-5(4-15)13-10(16)6-2-7(11)8(12)3-9(6)14(17)18/h2-3,5,15H,4H2,1H3,(H,13,16)/t5-/m1/s1. The van der Waals surface area contributed by atoms with Gasteiger partial charge in [-0.25, -0.2) is 8.78 Å². The SMILES string of the molecule is C[C@H](CO)NC(=O)c1cc(F)c(F)cc1[N+](=O)[O-]. The maximum atomic E-state index is 13.0. The first-order valence-electron chi connectivity index (χ1n) is 4.92. The van der Waals surface area contributed by atoms with Gasteiger partial charge in [0.1, 0.15) is 5.56 Å². The summed E-state index contributed by atoms with van der Waals surface area (Å²) in [7, 11) is 0. The molecule has 1 rings (SSSR count). The van der Waals surface area contributed by atoms with Crippen molar-refractivity contribution in [3.63, 3.8) is 0 Å². The summed E-state index contributed by atoms with van der Waals surface area (Å²) in [6.07, 6.45) is 0. The topological polar surface area (TPSA) is 92.5 Å². The van der Waals surface area contributed by atoms with Gasteiger partial charge in [0.05, 0.1) is 17.6 Å². The molecule has 0 aliphatic heterocycles. The van der Waals surface area contributed by atoms with E-state index in [0.717, 1.165) is 0 Å². The number of benzene rings is 1. The van der Waals surface area contributed by atoms with Gasteiger partial charge in [-0.2, -0.15) is 0 Å². The average Bonchev–Trinajstić information content (AvgIpc) is 2.31. The molecule has 0 saturated carbocycles. The van der Waals surface area contributed by atoms with Crippen LogP contribution in [0.2, 0.25) is 0 Å². The quantitative estimate of drug-likeness (QED) is 0.623. The van der Waals surface area contributed by atoms with Gasteiger partial charge in [-0.1, -0.05) is 0 Å². The summed E-state index contributed by atoms with van der Waals surface area (Å²) >= 11 is 0. The van der Waals surface area contributed by atoms with Crippen LogP contribution in [0.1, 0.15) is 17.3 Å². The zero-order valence-corrected chi connectivity index (χ0v) is 9.31. The Morgan fingerprint density at radius 2 is 2.06 bits per heavy atom. The molecule has 0 spiro atoms. The second kappa shape index (κ2) is 5.50. The van der Waals surface area contributed by atoms with Crippen molar-refractivity contribution in [2.24, 2.45) is 0 Å². The van der Waals surface area contributed by atoms with Crippen LogP contribution in [0, 0.1) is 21.7 Å². The minimum Gasteiger partial charge on any atom is -0.394 e. The van der Waals surface area contributed by atoms with Crippen LogP contribution >= 0.6 is 0 Å². The van der Waals surface area contributed by atoms with Gasteiger partial charge in [-0.15, -0.1) is 0 Å². The van der Waals surface area contributed by atoms with E-state index in [1.165, 1.54) is 6.92 Å². The number of nitrogens with one attached hydrogen (secondary N) is 1. The summed E-state index contributed by atoms with van der Waals surface area (Å²) in [6, 6.07) is 0.131. The summed E-state index contributed by atoms with van der Waals surface area (Å²) < 4.78 is 25.8. The Balaban J connectivity index is 3.18. The summed E-state index contributed by atoms with van der Waals surface area (Å²) in [5.41, 5.74) is -1.43. The summed E-state index contributed by atoms with van der Waals surface area (Å²) in [4.78, 5) is 21.2. The van der Waals surface area contributed by atoms with Crippen LogP contribution in [0.5, 0.6) is 0 Å². The molecule has 0 aliphatic carbocycles. The molecular weight excluding hydrogens is 250 g/mol. The highest BCUT2D eigenvalue weighted by molar-refractivity contribution is 5.98. The molecule has 1 amide bonds. The molecule has 0 aliphatic rings. The Kier molecular flexibility index (Phi) is 4.27. The lowest BCUT2D eigenvalue weighted by Gasteiger charge is -2.11. The lowest BCUT2D eigenvalue weighted by molar-refractivity contribution is -0.385. The zero-order valence-electron chi connectivity index (χ0n) is 9.31. The highest BCUT2D eigenvalue weighted by Gasteiger charge is 2.24. The molecular formula is C10H10F2N2O4. The number of halogens is 2. The molecule has 18 heavy (non-hydrogen) atoms. The first-order valence-corrected chi connectivity index (χ1v) is 4.92. The van der Waals surface area contributed by atoms with Gasteiger partial charge in [0, 0.05) is 6.04 Å². The second-order valence-corrected chi connectivity index (χ2v) is 3.60. The first-order chi connectivity index (χ1) is 8.36. The number of hydrogen-bond donors (Lipinski definition) is 2. The first kappa shape index (κ1) is 14.0. The molecule has 1 atom stereocenters. The molecule has 0 unspecified atom stereocenters. The van der Waals surface area contributed by atoms with Gasteiger partial charge in [-0.3, -0.25) is 14.9 Å². The van der Waals surface area contributed by atoms with Gasteiger partial charge in [0.25, 0.3) is 11.6 Å². The fraction of sp³-hybridized carbons (Fsp3) is 0.300. The van der Waals surface area contributed by atoms with Crippen LogP contribution in [-0.4, -0.2) is 28.6 Å². The summed E-state index contributed by atoms with van der Waals surface area (Å²) in [6.45, 7) is 1.06. The third-order valence-electron chi connectivity index (χ3n) is 2.13. The van der Waals surface area contributed by atoms with Crippen LogP contribution in [0.25, 0.3) is 0 Å². The predicted molar refractivity (Wildman–Crippen MR) is 57.0 cm³/mol. The van der Waals surface area contributed by atoms with E-state index >= 15 is 0 Å². The Bertz CT molecular complexity index is 493. The molecule has 0 radical (unpaired) electrons. The predicted octanol–water partition coefficient (Wildman–Crippen LogP) is 0.984. The van der Waals surface area contributed by atoms with Gasteiger partial charge < -0.3 is 10.4 Å². The largest absolute Gasteiger partial charge is 0.394 e. The van der Waals surface area contributed by atoms with Crippen LogP contribution in [0.3, 0.4) is 0 Å². The van der Waals surface area contributed by atoms with Crippen molar-refractivity contribution in [1.82, 2.24) is 5.32 Å². The van der Waals surface area contributed by atoms with Gasteiger partial charge >= 0.3 is 0 Å². The lowest BCUT2D eigenvalue weighted by Crippen LogP contribution is -2.35. The minimum absolute atomic E-state index is 0.341. The fourth-order valence-corrected chi connectivity index (χ4v) is 1.22. The van der Waals surface area contributed by atoms with Gasteiger partial charge in [-0.05, 0) is 13.0 Å². The molecule has 1 aromatic rings. The summed E-state index contributed by atoms with van der Waals surface area (Å²) in [5.74, 6) is -3.72. The molecule has 0 aromatic heterocycles. The van der Waals surface area contributed by atoms with Crippen molar-refractivity contribution < 1.29 is 23.6 Å². The van der Waals surface area contributed by atoms with E-state index in [9.17, 15) is 23.7 Å². The number of hydrogen-bond acceptors (Lipinski definition) is 4. The van der Waals surface area contributed by atoms with Crippen molar-refractivity contribution >= 4 is 11.6 Å². The average molecular weight is 260 g/mol. The molecule has 0 heterocycles. The van der Waals surface area contributed by atoms with Crippen LogP contribution < -0.4 is 5.32 Å². The third kappa shape index (κ3) is 2.98. The maximum Gasteiger partial charge on any atom is 0.285 e. The number of carbonyl (C=O) groups excluding carboxylic acids is 1. The minimum atomic E-state index is -1.41. The third-order valence-corrected chi connectivity index (χ3v) is 2.13. The highest BCUT2D eigenvalue weighted by Crippen LogP contribution is 2.22. The van der Waals surface area contributed by atoms with Crippen LogP contribution in [0.15, 0.2) is 12.1 Å². The number of aliphatic hydroxyl groups is 1. The fourth-order valence-electron chi connectivity index (χ4n) is 1.22. The van der Waals surface area contributed by atoms with Crippen LogP contribution in [-0.2, 0) is 0 Å². The van der Waals surface area contributed by atoms with Crippen LogP contribution in [0.4, 0.5) is 14.5 Å². The maximum absolute atomic E-state index is 13.0. The van der Waals surface area contributed by atoms with E-state index in [1.54, 1.807) is 0 Å². The Morgan fingerprint density at radius 1 is 1.50 bits per heavy atom. The van der Waals surface area contributed by atoms with E-state index in [1.807, 2.05) is 0 Å². The number of nitrogens with zero attached hydrogens (tertiary/aromatic N) is 1. The number of nitro groups is 1. The molecule has 0 saturated heterocycles. The molecule has 0 bridgehead atoms. The molecule has 98 valence electrons. The van der Waals surface area contributed by atoms with Crippen molar-refractivity contribution in [2.45, 2.75) is 13.0 Å². The Hall–Kier alpha value is -2.09. The van der Waals surface area contributed by atoms with Crippen molar-refractivity contribution in [2.75, 3.05) is 6.61 Å². The van der Waals surface area contributed by atoms with E-state index in [-0.39, 0.29) is 6.61 Å². The summed E-state index contributed by atoms with van der Waals surface area (Å²) in [5, 5.41) is 21.6. The number of carbonyl (C=O) groups is 1. The number of amides is 1. The monoisotopic (exact) mass is 260 g/mol. The van der Waals surface area contributed by atoms with Crippen molar-refractivity contribution in [3.8, 4) is 0 Å². The smallest absolute Gasteiger partial charge is 0.285 e. The highest BCUT2D eigenvalue weighted by atomic mass is 19.2. The van der Waals surface area contributed by atoms with Crippen molar-refractivity contribution in [1.29, 1.82) is 0 Å². The van der Waals surface area contributed by atoms with Crippen molar-refractivity contribution in [3.05, 3.63) is 39.4 Å². The van der Waals surface area contributed by atoms with Gasteiger partial charge in [0.15, 0.2) is 11.6 Å². The molecule has 8 heteroatoms. The lowest BCUT2D eigenvalue weighted by atomic mass is 10.1. The van der Waals surface area contributed by atoms with E-state index < -0.39 is 39.8 Å². The molecule has 6 nitrogen and oxygen atoms in total. The zero-order chi connectivity index (χ0) is 13.9. The number of nitro benzene ring substituents is 1. The second-order valence-electron chi connectivity index (χ2n) is 3.60. The number of aliphatic hydroxyl groups excluding tert-OH is 1. The van der Waals surface area contributed by atoms with E-state index in [2.05, 4.69) is 5.32 Å². The normalized spacial score (nSPS) is 12.0. The Morgan fingerprint density at radius 3 is 2.56 bits per heavy atom. The molecule has 0 fully saturated rings. The number of rotatable bonds is 4. The molecule has 2 N–H and O–H groups in total. The Labute approximate surface area is 100 Å².